The lowest BCUT2D eigenvalue weighted by atomic mass is 9.94. The molecule has 1 fully saturated rings. The molecule has 1 aliphatic rings. The predicted octanol–water partition coefficient (Wildman–Crippen LogP) is 3.55. The number of methoxy groups -OCH3 is 2. The fraction of sp³-hybridized carbons (Fsp3) is 0.240. The molecule has 1 saturated heterocycles. The zero-order chi connectivity index (χ0) is 24.2. The molecule has 2 aromatic carbocycles. The van der Waals surface area contributed by atoms with Crippen LogP contribution in [0.2, 0.25) is 0 Å². The minimum absolute atomic E-state index is 0.0919. The van der Waals surface area contributed by atoms with Crippen LogP contribution in [-0.2, 0) is 16.1 Å². The first kappa shape index (κ1) is 23.0. The summed E-state index contributed by atoms with van der Waals surface area (Å²) >= 11 is 0. The van der Waals surface area contributed by atoms with Crippen molar-refractivity contribution in [3.8, 4) is 11.5 Å². The van der Waals surface area contributed by atoms with Gasteiger partial charge in [-0.25, -0.2) is 9.37 Å². The molecule has 1 atom stereocenters. The van der Waals surface area contributed by atoms with Crippen molar-refractivity contribution in [2.24, 2.45) is 0 Å². The standard InChI is InChI=1S/C25H24FN3O5/c1-33-19-6-3-5-18(24(19)34-2)21-20(22(30)16-7-9-17(26)10-8-16)23(31)25(32)29(21)13-4-12-28-14-11-27-15-28/h3,5-11,14-15,21,30H,4,12-13H2,1-2H3/b22-20-. The van der Waals surface area contributed by atoms with E-state index in [1.54, 1.807) is 30.7 Å². The number of hydrogen-bond donors (Lipinski definition) is 1. The minimum Gasteiger partial charge on any atom is -0.507 e. The highest BCUT2D eigenvalue weighted by atomic mass is 19.1. The molecule has 0 saturated carbocycles. The Morgan fingerprint density at radius 1 is 1.09 bits per heavy atom. The average Bonchev–Trinajstić information content (AvgIpc) is 3.45. The van der Waals surface area contributed by atoms with Crippen LogP contribution in [0.5, 0.6) is 11.5 Å². The molecule has 1 N–H and O–H groups in total. The number of ketones is 1. The van der Waals surface area contributed by atoms with E-state index in [9.17, 15) is 19.1 Å². The van der Waals surface area contributed by atoms with Gasteiger partial charge in [0.05, 0.1) is 32.2 Å². The summed E-state index contributed by atoms with van der Waals surface area (Å²) in [7, 11) is 2.95. The first-order chi connectivity index (χ1) is 16.5. The number of halogens is 1. The highest BCUT2D eigenvalue weighted by molar-refractivity contribution is 6.46. The highest BCUT2D eigenvalue weighted by Crippen LogP contribution is 2.45. The summed E-state index contributed by atoms with van der Waals surface area (Å²) < 4.78 is 26.3. The molecule has 8 nitrogen and oxygen atoms in total. The van der Waals surface area contributed by atoms with Gasteiger partial charge in [0, 0.05) is 36.6 Å². The number of likely N-dealkylation sites (tertiary alicyclic amines) is 1. The Bertz CT molecular complexity index is 1220. The van der Waals surface area contributed by atoms with Gasteiger partial charge < -0.3 is 24.0 Å². The molecule has 34 heavy (non-hydrogen) atoms. The first-order valence-electron chi connectivity index (χ1n) is 10.7. The van der Waals surface area contributed by atoms with Gasteiger partial charge in [0.15, 0.2) is 11.5 Å². The molecule has 1 aromatic heterocycles. The summed E-state index contributed by atoms with van der Waals surface area (Å²) in [5.74, 6) is -1.65. The number of benzene rings is 2. The van der Waals surface area contributed by atoms with E-state index in [0.717, 1.165) is 0 Å². The normalized spacial score (nSPS) is 17.3. The molecular weight excluding hydrogens is 441 g/mol. The number of rotatable bonds is 8. The second-order valence-electron chi connectivity index (χ2n) is 7.74. The van der Waals surface area contributed by atoms with Crippen molar-refractivity contribution in [3.05, 3.63) is 83.7 Å². The van der Waals surface area contributed by atoms with Gasteiger partial charge in [0.2, 0.25) is 0 Å². The van der Waals surface area contributed by atoms with Crippen LogP contribution in [0.25, 0.3) is 5.76 Å². The monoisotopic (exact) mass is 465 g/mol. The maximum absolute atomic E-state index is 13.4. The van der Waals surface area contributed by atoms with Gasteiger partial charge in [0.1, 0.15) is 11.6 Å². The van der Waals surface area contributed by atoms with E-state index in [0.29, 0.717) is 30.0 Å². The minimum atomic E-state index is -0.919. The number of para-hydroxylation sites is 1. The van der Waals surface area contributed by atoms with Gasteiger partial charge >= 0.3 is 0 Å². The van der Waals surface area contributed by atoms with E-state index >= 15 is 0 Å². The fourth-order valence-corrected chi connectivity index (χ4v) is 4.17. The number of aromatic nitrogens is 2. The summed E-state index contributed by atoms with van der Waals surface area (Å²) in [5.41, 5.74) is 0.628. The molecule has 1 unspecified atom stereocenters. The number of nitrogens with zero attached hydrogens (tertiary/aromatic N) is 3. The smallest absolute Gasteiger partial charge is 0.295 e. The van der Waals surface area contributed by atoms with Crippen LogP contribution in [0.3, 0.4) is 0 Å². The van der Waals surface area contributed by atoms with E-state index in [-0.39, 0.29) is 23.4 Å². The van der Waals surface area contributed by atoms with Gasteiger partial charge in [-0.2, -0.15) is 0 Å². The van der Waals surface area contributed by atoms with Crippen molar-refractivity contribution in [2.45, 2.75) is 19.0 Å². The fourth-order valence-electron chi connectivity index (χ4n) is 4.17. The number of ether oxygens (including phenoxy) is 2. The molecule has 176 valence electrons. The number of Topliss-reactive ketones (excluding diaryl/α,β-unsaturated/α-hetero) is 1. The van der Waals surface area contributed by atoms with Crippen LogP contribution in [0.4, 0.5) is 4.39 Å². The number of amides is 1. The molecule has 0 bridgehead atoms. The van der Waals surface area contributed by atoms with Crippen LogP contribution < -0.4 is 9.47 Å². The Kier molecular flexibility index (Phi) is 6.62. The van der Waals surface area contributed by atoms with Crippen molar-refractivity contribution in [1.82, 2.24) is 14.5 Å². The zero-order valence-electron chi connectivity index (χ0n) is 18.8. The number of aryl methyl sites for hydroxylation is 1. The molecule has 9 heteroatoms. The predicted molar refractivity (Wildman–Crippen MR) is 122 cm³/mol. The third kappa shape index (κ3) is 4.24. The Morgan fingerprint density at radius 2 is 1.85 bits per heavy atom. The summed E-state index contributed by atoms with van der Waals surface area (Å²) in [5, 5.41) is 11.1. The Balaban J connectivity index is 1.81. The van der Waals surface area contributed by atoms with Crippen molar-refractivity contribution in [1.29, 1.82) is 0 Å². The van der Waals surface area contributed by atoms with E-state index < -0.39 is 23.5 Å². The SMILES string of the molecule is COc1cccc(C2/C(=C(/O)c3ccc(F)cc3)C(=O)C(=O)N2CCCn2ccnc2)c1OC. The third-order valence-electron chi connectivity index (χ3n) is 5.76. The molecule has 0 aliphatic carbocycles. The van der Waals surface area contributed by atoms with E-state index in [4.69, 9.17) is 9.47 Å². The highest BCUT2D eigenvalue weighted by Gasteiger charge is 2.47. The number of carbonyl (C=O) groups excluding carboxylic acids is 2. The van der Waals surface area contributed by atoms with Crippen LogP contribution in [0.15, 0.2) is 66.8 Å². The van der Waals surface area contributed by atoms with Crippen molar-refractivity contribution in [2.75, 3.05) is 20.8 Å². The first-order valence-corrected chi connectivity index (χ1v) is 10.7. The lowest BCUT2D eigenvalue weighted by Gasteiger charge is -2.27. The Labute approximate surface area is 195 Å². The van der Waals surface area contributed by atoms with Crippen LogP contribution in [0, 0.1) is 5.82 Å². The van der Waals surface area contributed by atoms with Gasteiger partial charge in [-0.3, -0.25) is 9.59 Å². The lowest BCUT2D eigenvalue weighted by Crippen LogP contribution is -2.31. The van der Waals surface area contributed by atoms with E-state index in [2.05, 4.69) is 4.98 Å². The van der Waals surface area contributed by atoms with Gasteiger partial charge in [-0.05, 0) is 36.8 Å². The second kappa shape index (κ2) is 9.78. The number of imidazole rings is 1. The maximum atomic E-state index is 13.4. The number of aliphatic hydroxyl groups excluding tert-OH is 1. The molecule has 1 aliphatic heterocycles. The maximum Gasteiger partial charge on any atom is 0.295 e. The Hall–Kier alpha value is -4.14. The molecule has 3 aromatic rings. The summed E-state index contributed by atoms with van der Waals surface area (Å²) in [6, 6.07) is 9.30. The number of carbonyl (C=O) groups is 2. The quantitative estimate of drug-likeness (QED) is 0.311. The topological polar surface area (TPSA) is 93.9 Å². The van der Waals surface area contributed by atoms with Crippen molar-refractivity contribution >= 4 is 17.4 Å². The molecule has 1 amide bonds. The van der Waals surface area contributed by atoms with Crippen LogP contribution >= 0.6 is 0 Å². The second-order valence-corrected chi connectivity index (χ2v) is 7.74. The largest absolute Gasteiger partial charge is 0.507 e. The van der Waals surface area contributed by atoms with Gasteiger partial charge in [-0.15, -0.1) is 0 Å². The molecule has 0 radical (unpaired) electrons. The van der Waals surface area contributed by atoms with Gasteiger partial charge in [0.25, 0.3) is 11.7 Å². The Morgan fingerprint density at radius 3 is 2.50 bits per heavy atom. The zero-order valence-corrected chi connectivity index (χ0v) is 18.8. The lowest BCUT2D eigenvalue weighted by molar-refractivity contribution is -0.140. The van der Waals surface area contributed by atoms with E-state index in [1.165, 1.54) is 43.4 Å². The van der Waals surface area contributed by atoms with E-state index in [1.807, 2.05) is 10.8 Å². The van der Waals surface area contributed by atoms with Crippen LogP contribution in [0.1, 0.15) is 23.6 Å². The number of aliphatic hydroxyl groups is 1. The van der Waals surface area contributed by atoms with Crippen molar-refractivity contribution < 1.29 is 28.6 Å². The van der Waals surface area contributed by atoms with Gasteiger partial charge in [-0.1, -0.05) is 12.1 Å². The molecule has 4 rings (SSSR count). The van der Waals surface area contributed by atoms with Crippen molar-refractivity contribution in [3.63, 3.8) is 0 Å². The van der Waals surface area contributed by atoms with Crippen LogP contribution in [-0.4, -0.2) is 52.0 Å². The average molecular weight is 465 g/mol. The molecule has 0 spiro atoms. The molecule has 2 heterocycles. The molecular formula is C25H24FN3O5. The summed E-state index contributed by atoms with van der Waals surface area (Å²) in [6.07, 6.45) is 5.69. The summed E-state index contributed by atoms with van der Waals surface area (Å²) in [4.78, 5) is 31.7. The third-order valence-corrected chi connectivity index (χ3v) is 5.76. The number of hydrogen-bond acceptors (Lipinski definition) is 6. The summed E-state index contributed by atoms with van der Waals surface area (Å²) in [6.45, 7) is 0.830.